The first-order valence-electron chi connectivity index (χ1n) is 30.4. The molecule has 36 nitrogen and oxygen atoms in total. The lowest BCUT2D eigenvalue weighted by Crippen LogP contribution is -2.69. The van der Waals surface area contributed by atoms with E-state index in [1.165, 1.54) is 30.6 Å². The quantitative estimate of drug-likeness (QED) is 0.0323. The van der Waals surface area contributed by atoms with E-state index in [9.17, 15) is 95.2 Å². The summed E-state index contributed by atoms with van der Waals surface area (Å²) in [5, 5.41) is 175. The predicted molar refractivity (Wildman–Crippen MR) is 318 cm³/mol. The lowest BCUT2D eigenvalue weighted by Gasteiger charge is -2.46. The van der Waals surface area contributed by atoms with Gasteiger partial charge in [-0.15, -0.1) is 0 Å². The van der Waals surface area contributed by atoms with Crippen LogP contribution in [0, 0.1) is 16.7 Å². The van der Waals surface area contributed by atoms with Crippen molar-refractivity contribution in [3.63, 3.8) is 0 Å². The number of benzene rings is 2. The number of hydrogen-bond acceptors (Lipinski definition) is 28. The van der Waals surface area contributed by atoms with E-state index in [4.69, 9.17) is 45.0 Å². The summed E-state index contributed by atoms with van der Waals surface area (Å²) in [5.74, 6) is -7.48. The summed E-state index contributed by atoms with van der Waals surface area (Å²) >= 11 is 0. The Kier molecular flexibility index (Phi) is 26.7. The molecule has 0 aliphatic carbocycles. The third kappa shape index (κ3) is 17.6. The highest BCUT2D eigenvalue weighted by Crippen LogP contribution is 2.33. The number of nitrogens with one attached hydrogen (secondary N) is 9. The molecule has 2 aromatic carbocycles. The van der Waals surface area contributed by atoms with Gasteiger partial charge in [0.05, 0.1) is 44.6 Å². The number of esters is 1. The summed E-state index contributed by atoms with van der Waals surface area (Å²) in [6, 6.07) is 1.79. The van der Waals surface area contributed by atoms with Crippen molar-refractivity contribution in [2.24, 2.45) is 11.7 Å². The molecule has 5 heterocycles. The van der Waals surface area contributed by atoms with Crippen LogP contribution in [-0.4, -0.2) is 305 Å². The summed E-state index contributed by atoms with van der Waals surface area (Å²) in [6.45, 7) is 0.900. The van der Waals surface area contributed by atoms with Gasteiger partial charge in [-0.3, -0.25) is 39.6 Å². The van der Waals surface area contributed by atoms with Gasteiger partial charge in [-0.1, -0.05) is 69.7 Å². The molecule has 0 saturated carbocycles. The number of rotatable bonds is 30. The fraction of sp³-hybridized carbons (Fsp3) is 0.655. The van der Waals surface area contributed by atoms with Crippen molar-refractivity contribution in [1.29, 1.82) is 10.8 Å². The van der Waals surface area contributed by atoms with E-state index in [0.717, 1.165) is 4.90 Å². The van der Waals surface area contributed by atoms with E-state index in [-0.39, 0.29) is 36.2 Å². The second-order valence-corrected chi connectivity index (χ2v) is 23.7. The highest BCUT2D eigenvalue weighted by molar-refractivity contribution is 5.96. The molecule has 0 aromatic heterocycles. The highest BCUT2D eigenvalue weighted by Gasteiger charge is 2.55. The Hall–Kier alpha value is -6.92. The summed E-state index contributed by atoms with van der Waals surface area (Å²) in [7, 11) is 0. The Morgan fingerprint density at radius 1 is 0.691 bits per heavy atom. The minimum atomic E-state index is -2.30. The summed E-state index contributed by atoms with van der Waals surface area (Å²) in [6.07, 6.45) is -29.6. The average Bonchev–Trinajstić information content (AvgIpc) is 1.33. The van der Waals surface area contributed by atoms with Crippen LogP contribution in [0.25, 0.3) is 0 Å². The lowest BCUT2D eigenvalue weighted by molar-refractivity contribution is -0.353. The standard InChI is InChI=1S/C58H86N11O25/c1-4-23(2)14-35(75)93-49-42(79)33(21-73)91-56(47(49)84)94-48-34(22-74)92-55(46(83)44(48)81)89-28-12-10-25(11-13-28)15-29(65-51(86)36(59)24(3)26-8-6-5-7-9-26)50(85)67-37(39(76)30-16-62-57(60)66-30)53(88)68-38(52(87)64-27(18-70)19-71)40(77)31-17-63-58(61)69(31)54-45(82)43(80)41(78)32(20-72)90-54/h5-13,23-24,27,29-34,36-49,54-56,70,72-74,76-84H,4,14-18,20-22,59H2,1-3H3,(H2,61,63)(H,64,87)(H,65,86)(H,67,85)(H,68,88)(H3,60,62,66). The summed E-state index contributed by atoms with van der Waals surface area (Å²) in [5.41, 5.74) is 7.39. The first-order chi connectivity index (χ1) is 44.7. The zero-order chi connectivity index (χ0) is 69.0. The molecule has 7 rings (SSSR count). The molecule has 36 heteroatoms. The van der Waals surface area contributed by atoms with Crippen molar-refractivity contribution in [2.45, 2.75) is 193 Å². The summed E-state index contributed by atoms with van der Waals surface area (Å²) < 4.78 is 34.1. The molecule has 0 bridgehead atoms. The van der Waals surface area contributed by atoms with Gasteiger partial charge < -0.3 is 143 Å². The molecule has 94 heavy (non-hydrogen) atoms. The number of guanidine groups is 2. The lowest BCUT2D eigenvalue weighted by atomic mass is 9.93. The zero-order valence-corrected chi connectivity index (χ0v) is 51.3. The molecule has 2 aromatic rings. The van der Waals surface area contributed by atoms with Crippen molar-refractivity contribution in [1.82, 2.24) is 42.1 Å². The third-order valence-electron chi connectivity index (χ3n) is 17.2. The SMILES string of the molecule is CCC(C)CC(=O)OC1C(O)C(CO)OC(OC2C(CO)OC(Oc3ccc(CC(NC(=O)C(N)C(C)c4ccccc4)C(=O)NC(C(=O)NC(C(=O)NC([C]=O)CO)C(O)C4CNC(=N)N4C4OC(CO)C(O)C(O)C4O)C(O)C4CNC(=N)N4)cc3)C(O)C2O)C1O. The van der Waals surface area contributed by atoms with Gasteiger partial charge >= 0.3 is 5.97 Å². The van der Waals surface area contributed by atoms with Gasteiger partial charge in [0.2, 0.25) is 36.2 Å². The molecule has 4 amide bonds. The van der Waals surface area contributed by atoms with Gasteiger partial charge in [-0.2, -0.15) is 0 Å². The number of ether oxygens (including phenoxy) is 6. The van der Waals surface area contributed by atoms with Crippen molar-refractivity contribution in [3.8, 4) is 5.75 Å². The van der Waals surface area contributed by atoms with E-state index in [2.05, 4.69) is 37.2 Å². The molecule has 0 spiro atoms. The average molecular weight is 1340 g/mol. The van der Waals surface area contributed by atoms with Gasteiger partial charge in [-0.05, 0) is 29.2 Å². The van der Waals surface area contributed by atoms with Crippen LogP contribution in [0.2, 0.25) is 0 Å². The molecular formula is C58H86N11O25. The van der Waals surface area contributed by atoms with Crippen LogP contribution in [0.4, 0.5) is 0 Å². The largest absolute Gasteiger partial charge is 0.462 e. The van der Waals surface area contributed by atoms with Gasteiger partial charge in [0.25, 0.3) is 0 Å². The molecule has 24 N–H and O–H groups in total. The van der Waals surface area contributed by atoms with Crippen LogP contribution in [-0.2, 0) is 58.9 Å². The van der Waals surface area contributed by atoms with E-state index < -0.39 is 227 Å². The van der Waals surface area contributed by atoms with Crippen LogP contribution in [0.3, 0.4) is 0 Å². The molecule has 523 valence electrons. The van der Waals surface area contributed by atoms with Crippen LogP contribution < -0.4 is 47.7 Å². The number of aliphatic hydroxyl groups excluding tert-OH is 13. The van der Waals surface area contributed by atoms with Crippen molar-refractivity contribution in [2.75, 3.05) is 39.5 Å². The maximum absolute atomic E-state index is 14.9. The number of nitrogens with zero attached hydrogens (tertiary/aromatic N) is 1. The van der Waals surface area contributed by atoms with Crippen molar-refractivity contribution >= 4 is 47.8 Å². The fourth-order valence-corrected chi connectivity index (χ4v) is 11.3. The zero-order valence-electron chi connectivity index (χ0n) is 51.3. The van der Waals surface area contributed by atoms with Crippen molar-refractivity contribution < 1.29 is 124 Å². The highest BCUT2D eigenvalue weighted by atomic mass is 16.7. The second kappa shape index (κ2) is 33.6. The van der Waals surface area contributed by atoms with E-state index in [1.807, 2.05) is 6.92 Å². The first-order valence-corrected chi connectivity index (χ1v) is 30.4. The Bertz CT molecular complexity index is 2880. The Labute approximate surface area is 538 Å². The van der Waals surface area contributed by atoms with Crippen LogP contribution in [0.15, 0.2) is 54.6 Å². The predicted octanol–water partition coefficient (Wildman–Crippen LogP) is -10.4. The maximum Gasteiger partial charge on any atom is 0.306 e. The Morgan fingerprint density at radius 3 is 1.91 bits per heavy atom. The molecule has 1 radical (unpaired) electrons. The third-order valence-corrected chi connectivity index (χ3v) is 17.2. The monoisotopic (exact) mass is 1340 g/mol. The van der Waals surface area contributed by atoms with Gasteiger partial charge in [0.15, 0.2) is 30.5 Å². The maximum atomic E-state index is 14.9. The molecule has 26 unspecified atom stereocenters. The van der Waals surface area contributed by atoms with Crippen LogP contribution >= 0.6 is 0 Å². The Morgan fingerprint density at radius 2 is 1.31 bits per heavy atom. The van der Waals surface area contributed by atoms with E-state index >= 15 is 0 Å². The van der Waals surface area contributed by atoms with Gasteiger partial charge in [-0.25, -0.2) is 0 Å². The number of aliphatic hydroxyl groups is 13. The van der Waals surface area contributed by atoms with Crippen LogP contribution in [0.1, 0.15) is 50.7 Å². The molecule has 5 saturated heterocycles. The molecule has 5 fully saturated rings. The smallest absolute Gasteiger partial charge is 0.306 e. The topological polar surface area (TPSA) is 582 Å². The number of carbonyl (C=O) groups is 5. The number of nitrogens with two attached hydrogens (primary N) is 1. The number of amides is 4. The van der Waals surface area contributed by atoms with Crippen molar-refractivity contribution in [3.05, 3.63) is 65.7 Å². The molecule has 5 aliphatic rings. The number of hydrogen-bond donors (Lipinski definition) is 23. The second-order valence-electron chi connectivity index (χ2n) is 23.7. The minimum Gasteiger partial charge on any atom is -0.462 e. The van der Waals surface area contributed by atoms with Gasteiger partial charge in [0, 0.05) is 31.8 Å². The van der Waals surface area contributed by atoms with E-state index in [1.54, 1.807) is 44.2 Å². The minimum absolute atomic E-state index is 0.0607. The van der Waals surface area contributed by atoms with E-state index in [0.29, 0.717) is 12.0 Å². The molecule has 5 aliphatic heterocycles. The Balaban J connectivity index is 1.13. The molecular weight excluding hydrogens is 1250 g/mol. The normalized spacial score (nSPS) is 32.3. The summed E-state index contributed by atoms with van der Waals surface area (Å²) in [4.78, 5) is 83.5. The van der Waals surface area contributed by atoms with Gasteiger partial charge in [0.1, 0.15) is 109 Å². The van der Waals surface area contributed by atoms with Crippen LogP contribution in [0.5, 0.6) is 5.75 Å². The first kappa shape index (κ1) is 74.5. The fourth-order valence-electron chi connectivity index (χ4n) is 11.3. The number of carbonyl (C=O) groups excluding carboxylic acids is 6. The molecule has 26 atom stereocenters.